The van der Waals surface area contributed by atoms with Gasteiger partial charge in [0, 0.05) is 45.1 Å². The predicted octanol–water partition coefficient (Wildman–Crippen LogP) is 6.50. The van der Waals surface area contributed by atoms with Crippen LogP contribution in [0.1, 0.15) is 29.5 Å². The lowest BCUT2D eigenvalue weighted by molar-refractivity contribution is 0.543. The van der Waals surface area contributed by atoms with E-state index in [9.17, 15) is 0 Å². The quantitative estimate of drug-likeness (QED) is 0.253. The van der Waals surface area contributed by atoms with Gasteiger partial charge in [-0.2, -0.15) is 0 Å². The highest BCUT2D eigenvalue weighted by Gasteiger charge is 2.18. The third-order valence-electron chi connectivity index (χ3n) is 3.41. The minimum absolute atomic E-state index is 0.435. The number of aryl methyl sites for hydroxylation is 1. The summed E-state index contributed by atoms with van der Waals surface area (Å²) in [5, 5.41) is 8.93. The van der Waals surface area contributed by atoms with Gasteiger partial charge in [-0.25, -0.2) is 4.98 Å². The van der Waals surface area contributed by atoms with Crippen molar-refractivity contribution in [2.24, 2.45) is 0 Å². The molecule has 124 valence electrons. The Labute approximate surface area is 166 Å². The van der Waals surface area contributed by atoms with Crippen LogP contribution < -0.4 is 5.32 Å². The first-order valence-corrected chi connectivity index (χ1v) is 12.0. The highest BCUT2D eigenvalue weighted by atomic mass is 127. The molecule has 24 heavy (non-hydrogen) atoms. The molecule has 0 aliphatic carbocycles. The third-order valence-corrected chi connectivity index (χ3v) is 5.32. The minimum atomic E-state index is 0.435. The summed E-state index contributed by atoms with van der Waals surface area (Å²) in [7, 11) is 1.44. The molecule has 0 aliphatic rings. The van der Waals surface area contributed by atoms with Gasteiger partial charge >= 0.3 is 0 Å². The van der Waals surface area contributed by atoms with Crippen molar-refractivity contribution in [3.63, 3.8) is 0 Å². The number of halogens is 2. The monoisotopic (exact) mass is 488 g/mol. The van der Waals surface area contributed by atoms with Gasteiger partial charge in [-0.1, -0.05) is 24.6 Å². The van der Waals surface area contributed by atoms with E-state index < -0.39 is 0 Å². The fraction of sp³-hybridized carbons (Fsp3) is 0.235. The van der Waals surface area contributed by atoms with Crippen molar-refractivity contribution < 1.29 is 4.42 Å². The maximum Gasteiger partial charge on any atom is 0.177 e. The largest absolute Gasteiger partial charge is 0.456 e. The molecule has 1 N–H and O–H groups in total. The summed E-state index contributed by atoms with van der Waals surface area (Å²) in [6.07, 6.45) is 1.81. The molecule has 3 aromatic rings. The Morgan fingerprint density at radius 2 is 2.38 bits per heavy atom. The molecule has 0 aliphatic heterocycles. The minimum Gasteiger partial charge on any atom is -0.456 e. The Morgan fingerprint density at radius 1 is 1.50 bits per heavy atom. The fourth-order valence-corrected chi connectivity index (χ4v) is 3.72. The zero-order valence-corrected chi connectivity index (χ0v) is 17.4. The number of hydrogen-bond acceptors (Lipinski definition) is 5. The van der Waals surface area contributed by atoms with Crippen LogP contribution in [0, 0.1) is 11.2 Å². The predicted molar refractivity (Wildman–Crippen MR) is 113 cm³/mol. The van der Waals surface area contributed by atoms with Crippen LogP contribution in [0.15, 0.2) is 28.0 Å². The van der Waals surface area contributed by atoms with Gasteiger partial charge < -0.3 is 9.73 Å². The maximum absolute atomic E-state index is 6.23. The molecule has 0 saturated carbocycles. The molecule has 0 aromatic carbocycles. The lowest BCUT2D eigenvalue weighted by Crippen LogP contribution is -1.98. The molecule has 0 spiro atoms. The van der Waals surface area contributed by atoms with E-state index in [4.69, 9.17) is 16.0 Å². The standard InChI is InChI=1S/C17H14ClIN2OS2/c1-2-4-14-12(6-8-24-19)16-17(22-14)13(9-15(18)21-16)20-10-11-5-3-7-23-11/h3,5,7,9H,2,4,10H2,1H3,(H,20,21). The third kappa shape index (κ3) is 4.02. The normalized spacial score (nSPS) is 10.6. The van der Waals surface area contributed by atoms with E-state index in [1.165, 1.54) is 13.8 Å². The van der Waals surface area contributed by atoms with E-state index in [1.54, 1.807) is 17.4 Å². The number of furan rings is 1. The van der Waals surface area contributed by atoms with Crippen molar-refractivity contribution in [1.29, 1.82) is 0 Å². The number of nitrogens with zero attached hydrogens (tertiary/aromatic N) is 1. The molecule has 3 heterocycles. The highest BCUT2D eigenvalue weighted by molar-refractivity contribution is 14.2. The van der Waals surface area contributed by atoms with Gasteiger partial charge in [0.15, 0.2) is 5.58 Å². The van der Waals surface area contributed by atoms with Crippen molar-refractivity contribution in [2.75, 3.05) is 5.32 Å². The highest BCUT2D eigenvalue weighted by Crippen LogP contribution is 2.33. The Bertz CT molecular complexity index is 897. The molecule has 0 amide bonds. The number of fused-ring (bicyclic) bond motifs is 1. The van der Waals surface area contributed by atoms with E-state index >= 15 is 0 Å². The van der Waals surface area contributed by atoms with Gasteiger partial charge in [0.2, 0.25) is 0 Å². The van der Waals surface area contributed by atoms with Crippen molar-refractivity contribution >= 4 is 69.9 Å². The van der Waals surface area contributed by atoms with Gasteiger partial charge in [-0.15, -0.1) is 11.3 Å². The Hall–Kier alpha value is -0.880. The topological polar surface area (TPSA) is 38.1 Å². The molecular formula is C17H14ClIN2OS2. The zero-order valence-electron chi connectivity index (χ0n) is 12.9. The first kappa shape index (κ1) is 17.9. The van der Waals surface area contributed by atoms with Gasteiger partial charge in [0.05, 0.1) is 11.3 Å². The van der Waals surface area contributed by atoms with Crippen LogP contribution in [-0.4, -0.2) is 4.98 Å². The zero-order chi connectivity index (χ0) is 16.9. The molecule has 3 nitrogen and oxygen atoms in total. The van der Waals surface area contributed by atoms with Crippen LogP contribution in [-0.2, 0) is 13.0 Å². The smallest absolute Gasteiger partial charge is 0.177 e. The molecule has 0 fully saturated rings. The van der Waals surface area contributed by atoms with Crippen LogP contribution in [0.2, 0.25) is 5.15 Å². The number of rotatable bonds is 5. The number of aromatic nitrogens is 1. The van der Waals surface area contributed by atoms with Crippen LogP contribution in [0.25, 0.3) is 11.1 Å². The van der Waals surface area contributed by atoms with Crippen molar-refractivity contribution in [2.45, 2.75) is 26.3 Å². The van der Waals surface area contributed by atoms with Crippen molar-refractivity contribution in [1.82, 2.24) is 4.98 Å². The summed E-state index contributed by atoms with van der Waals surface area (Å²) in [4.78, 5) is 5.71. The Kier molecular flexibility index (Phi) is 6.33. The summed E-state index contributed by atoms with van der Waals surface area (Å²) in [6, 6.07) is 5.94. The Balaban J connectivity index is 2.05. The van der Waals surface area contributed by atoms with E-state index in [0.29, 0.717) is 5.15 Å². The SMILES string of the molecule is CCCc1oc2c(NCc3cccs3)cc(Cl)nc2c1C#CSI. The van der Waals surface area contributed by atoms with E-state index in [2.05, 4.69) is 61.0 Å². The van der Waals surface area contributed by atoms with Crippen molar-refractivity contribution in [3.8, 4) is 11.2 Å². The van der Waals surface area contributed by atoms with Crippen molar-refractivity contribution in [3.05, 3.63) is 44.9 Å². The first-order valence-electron chi connectivity index (χ1n) is 7.39. The number of anilines is 1. The van der Waals surface area contributed by atoms with E-state index in [1.807, 2.05) is 6.07 Å². The summed E-state index contributed by atoms with van der Waals surface area (Å²) in [6.45, 7) is 2.84. The molecular weight excluding hydrogens is 475 g/mol. The molecule has 0 atom stereocenters. The van der Waals surface area contributed by atoms with Crippen LogP contribution >= 0.6 is 53.1 Å². The molecule has 0 bridgehead atoms. The van der Waals surface area contributed by atoms with Gasteiger partial charge in [0.25, 0.3) is 0 Å². The second-order valence-electron chi connectivity index (χ2n) is 5.06. The average molecular weight is 489 g/mol. The van der Waals surface area contributed by atoms with Gasteiger partial charge in [0.1, 0.15) is 16.4 Å². The van der Waals surface area contributed by atoms with E-state index in [0.717, 1.165) is 47.5 Å². The molecule has 7 heteroatoms. The average Bonchev–Trinajstić information content (AvgIpc) is 3.19. The number of nitrogens with one attached hydrogen (secondary N) is 1. The van der Waals surface area contributed by atoms with Gasteiger partial charge in [-0.3, -0.25) is 0 Å². The molecule has 3 rings (SSSR count). The fourth-order valence-electron chi connectivity index (χ4n) is 2.41. The maximum atomic E-state index is 6.23. The second-order valence-corrected chi connectivity index (χ2v) is 8.16. The number of hydrogen-bond donors (Lipinski definition) is 1. The van der Waals surface area contributed by atoms with Crippen LogP contribution in [0.3, 0.4) is 0 Å². The molecule has 0 unspecified atom stereocenters. The summed E-state index contributed by atoms with van der Waals surface area (Å²) in [5.74, 6) is 4.03. The summed E-state index contributed by atoms with van der Waals surface area (Å²) in [5.41, 5.74) is 3.16. The number of thiophene rings is 1. The molecule has 0 radical (unpaired) electrons. The van der Waals surface area contributed by atoms with Gasteiger partial charge in [-0.05, 0) is 38.0 Å². The van der Waals surface area contributed by atoms with E-state index in [-0.39, 0.29) is 0 Å². The van der Waals surface area contributed by atoms with Crippen LogP contribution in [0.5, 0.6) is 0 Å². The lowest BCUT2D eigenvalue weighted by atomic mass is 10.1. The first-order chi connectivity index (χ1) is 11.7. The van der Waals surface area contributed by atoms with Crippen LogP contribution in [0.4, 0.5) is 5.69 Å². The summed E-state index contributed by atoms with van der Waals surface area (Å²) >= 11 is 10.1. The summed E-state index contributed by atoms with van der Waals surface area (Å²) < 4.78 is 6.10. The number of pyridine rings is 1. The molecule has 3 aromatic heterocycles. The molecule has 0 saturated heterocycles. The second kappa shape index (κ2) is 8.48. The Morgan fingerprint density at radius 3 is 3.08 bits per heavy atom. The lowest BCUT2D eigenvalue weighted by Gasteiger charge is -2.05.